The van der Waals surface area contributed by atoms with Gasteiger partial charge in [0.25, 0.3) is 10.1 Å². The molecule has 1 fully saturated rings. The van der Waals surface area contributed by atoms with E-state index >= 15 is 0 Å². The lowest BCUT2D eigenvalue weighted by atomic mass is 10.00. The summed E-state index contributed by atoms with van der Waals surface area (Å²) in [6.45, 7) is 3.73. The first kappa shape index (κ1) is 56.1. The zero-order valence-electron chi connectivity index (χ0n) is 37.6. The lowest BCUT2D eigenvalue weighted by Crippen LogP contribution is -2.60. The maximum atomic E-state index is 12.8. The number of aliphatic hydroxyl groups is 3. The van der Waals surface area contributed by atoms with Gasteiger partial charge in [-0.2, -0.15) is 8.42 Å². The highest BCUT2D eigenvalue weighted by atomic mass is 32.2. The van der Waals surface area contributed by atoms with E-state index < -0.39 is 71.2 Å². The SMILES string of the molecule is CCCC/C=C/CCCCCCCCCCCC(=O)OC[C@H](CO[C@H]1O[C@H](CS(=O)(=O)O)[C@@H](O)C(O)C1O)OC(=O)CCCCCCCCCCC/C=C/CCCCCC. The number of esters is 2. The first-order chi connectivity index (χ1) is 29.0. The van der Waals surface area contributed by atoms with Crippen molar-refractivity contribution < 1.29 is 56.8 Å². The Hall–Kier alpha value is -1.87. The van der Waals surface area contributed by atoms with Crippen LogP contribution in [0.4, 0.5) is 0 Å². The zero-order valence-corrected chi connectivity index (χ0v) is 38.4. The Morgan fingerprint density at radius 3 is 1.43 bits per heavy atom. The van der Waals surface area contributed by atoms with Crippen molar-refractivity contribution in [1.29, 1.82) is 0 Å². The topological polar surface area (TPSA) is 186 Å². The van der Waals surface area contributed by atoms with Gasteiger partial charge in [0, 0.05) is 12.8 Å². The van der Waals surface area contributed by atoms with Gasteiger partial charge in [0.2, 0.25) is 0 Å². The fourth-order valence-electron chi connectivity index (χ4n) is 7.24. The Morgan fingerprint density at radius 2 is 0.967 bits per heavy atom. The number of hydrogen-bond acceptors (Lipinski definition) is 11. The molecule has 0 bridgehead atoms. The second-order valence-corrected chi connectivity index (χ2v) is 18.3. The van der Waals surface area contributed by atoms with Gasteiger partial charge in [0.15, 0.2) is 12.4 Å². The quantitative estimate of drug-likeness (QED) is 0.0198. The van der Waals surface area contributed by atoms with E-state index in [4.69, 9.17) is 18.9 Å². The van der Waals surface area contributed by atoms with E-state index in [1.54, 1.807) is 0 Å². The van der Waals surface area contributed by atoms with Crippen LogP contribution in [0.5, 0.6) is 0 Å². The molecule has 0 aromatic heterocycles. The number of ether oxygens (including phenoxy) is 4. The highest BCUT2D eigenvalue weighted by molar-refractivity contribution is 7.85. The van der Waals surface area contributed by atoms with Crippen molar-refractivity contribution in [3.8, 4) is 0 Å². The number of carbonyl (C=O) groups is 2. The Kier molecular flexibility index (Phi) is 35.2. The van der Waals surface area contributed by atoms with Crippen molar-refractivity contribution in [1.82, 2.24) is 0 Å². The summed E-state index contributed by atoms with van der Waals surface area (Å²) in [5.74, 6) is -1.98. The van der Waals surface area contributed by atoms with E-state index in [1.807, 2.05) is 0 Å². The molecule has 0 radical (unpaired) electrons. The van der Waals surface area contributed by atoms with Crippen LogP contribution in [0.25, 0.3) is 0 Å². The third kappa shape index (κ3) is 31.9. The maximum absolute atomic E-state index is 12.8. The summed E-state index contributed by atoms with van der Waals surface area (Å²) in [7, 11) is -4.60. The van der Waals surface area contributed by atoms with E-state index in [2.05, 4.69) is 38.2 Å². The smallest absolute Gasteiger partial charge is 0.306 e. The van der Waals surface area contributed by atoms with E-state index in [9.17, 15) is 37.9 Å². The molecule has 1 heterocycles. The minimum absolute atomic E-state index is 0.164. The van der Waals surface area contributed by atoms with Gasteiger partial charge in [-0.3, -0.25) is 14.1 Å². The van der Waals surface area contributed by atoms with Gasteiger partial charge in [-0.15, -0.1) is 0 Å². The molecule has 1 aliphatic heterocycles. The molecule has 1 saturated heterocycles. The van der Waals surface area contributed by atoms with Gasteiger partial charge in [0.05, 0.1) is 6.61 Å². The molecule has 1 rings (SSSR count). The number of rotatable bonds is 40. The number of carbonyl (C=O) groups excluding carboxylic acids is 2. The van der Waals surface area contributed by atoms with Crippen LogP contribution in [0.15, 0.2) is 24.3 Å². The third-order valence-electron chi connectivity index (χ3n) is 11.0. The van der Waals surface area contributed by atoms with Crippen molar-refractivity contribution in [3.05, 3.63) is 24.3 Å². The fourth-order valence-corrected chi connectivity index (χ4v) is 7.93. The van der Waals surface area contributed by atoms with E-state index in [0.717, 1.165) is 38.5 Å². The van der Waals surface area contributed by atoms with Gasteiger partial charge < -0.3 is 34.3 Å². The van der Waals surface area contributed by atoms with Gasteiger partial charge >= 0.3 is 11.9 Å². The summed E-state index contributed by atoms with van der Waals surface area (Å²) in [6, 6.07) is 0. The minimum atomic E-state index is -4.60. The molecule has 2 unspecified atom stereocenters. The van der Waals surface area contributed by atoms with Crippen molar-refractivity contribution >= 4 is 22.1 Å². The summed E-state index contributed by atoms with van der Waals surface area (Å²) in [5.41, 5.74) is 0. The number of unbranched alkanes of at least 4 members (excludes halogenated alkanes) is 24. The first-order valence-electron chi connectivity index (χ1n) is 23.9. The van der Waals surface area contributed by atoms with Crippen LogP contribution >= 0.6 is 0 Å². The first-order valence-corrected chi connectivity index (χ1v) is 25.5. The predicted octanol–water partition coefficient (Wildman–Crippen LogP) is 10.0. The van der Waals surface area contributed by atoms with Crippen LogP contribution in [-0.4, -0.2) is 96.0 Å². The normalized spacial score (nSPS) is 20.3. The maximum Gasteiger partial charge on any atom is 0.306 e. The van der Waals surface area contributed by atoms with Crippen LogP contribution in [0.1, 0.15) is 206 Å². The lowest BCUT2D eigenvalue weighted by Gasteiger charge is -2.40. The minimum Gasteiger partial charge on any atom is -0.462 e. The Bertz CT molecular complexity index is 1210. The summed E-state index contributed by atoms with van der Waals surface area (Å²) < 4.78 is 54.1. The largest absolute Gasteiger partial charge is 0.462 e. The molecule has 1 aliphatic rings. The lowest BCUT2D eigenvalue weighted by molar-refractivity contribution is -0.297. The number of hydrogen-bond donors (Lipinski definition) is 4. The van der Waals surface area contributed by atoms with Crippen LogP contribution in [0.3, 0.4) is 0 Å². The zero-order chi connectivity index (χ0) is 44.1. The highest BCUT2D eigenvalue weighted by Crippen LogP contribution is 2.24. The summed E-state index contributed by atoms with van der Waals surface area (Å²) in [5, 5.41) is 30.9. The molecule has 0 saturated carbocycles. The molecule has 0 aliphatic carbocycles. The van der Waals surface area contributed by atoms with E-state index in [1.165, 1.54) is 128 Å². The Labute approximate surface area is 364 Å². The molecule has 4 N–H and O–H groups in total. The Morgan fingerprint density at radius 1 is 0.550 bits per heavy atom. The molecular formula is C47H86O12S. The molecule has 0 amide bonds. The molecular weight excluding hydrogens is 789 g/mol. The Balaban J connectivity index is 2.41. The van der Waals surface area contributed by atoms with Gasteiger partial charge in [-0.25, -0.2) is 0 Å². The standard InChI is InChI=1S/C47H86O12S/c1-3-5-7-9-11-13-15-17-19-20-22-24-26-28-30-32-34-36-43(49)58-40(38-57-47-46(52)45(51)44(50)41(59-47)39-60(53,54)55)37-56-42(48)35-33-31-29-27-25-23-21-18-16-14-12-10-8-6-4-2/h10,12-13,15,40-41,44-47,50-52H,3-9,11,14,16-39H2,1-2H3,(H,53,54,55)/b12-10+,15-13+/t40-,41-,44-,45?,46?,47+/m1/s1. The molecule has 12 nitrogen and oxygen atoms in total. The monoisotopic (exact) mass is 875 g/mol. The molecule has 60 heavy (non-hydrogen) atoms. The molecule has 0 aromatic carbocycles. The summed E-state index contributed by atoms with van der Waals surface area (Å²) >= 11 is 0. The number of allylic oxidation sites excluding steroid dienone is 4. The molecule has 6 atom stereocenters. The van der Waals surface area contributed by atoms with Crippen molar-refractivity contribution in [3.63, 3.8) is 0 Å². The van der Waals surface area contributed by atoms with E-state index in [-0.39, 0.29) is 19.4 Å². The highest BCUT2D eigenvalue weighted by Gasteiger charge is 2.46. The van der Waals surface area contributed by atoms with Crippen molar-refractivity contribution in [2.45, 2.75) is 243 Å². The molecule has 0 aromatic rings. The van der Waals surface area contributed by atoms with Crippen LogP contribution in [-0.2, 0) is 38.7 Å². The number of aliphatic hydroxyl groups excluding tert-OH is 3. The van der Waals surface area contributed by atoms with Crippen LogP contribution < -0.4 is 0 Å². The average molecular weight is 875 g/mol. The summed E-state index contributed by atoms with van der Waals surface area (Å²) in [6.07, 6.45) is 32.1. The van der Waals surface area contributed by atoms with Gasteiger partial charge in [-0.1, -0.05) is 160 Å². The second-order valence-electron chi connectivity index (χ2n) is 16.8. The molecule has 0 spiro atoms. The van der Waals surface area contributed by atoms with Crippen molar-refractivity contribution in [2.75, 3.05) is 19.0 Å². The second kappa shape index (κ2) is 37.7. The van der Waals surface area contributed by atoms with Crippen LogP contribution in [0, 0.1) is 0 Å². The predicted molar refractivity (Wildman–Crippen MR) is 238 cm³/mol. The summed E-state index contributed by atoms with van der Waals surface area (Å²) in [4.78, 5) is 25.4. The third-order valence-corrected chi connectivity index (χ3v) is 11.8. The molecule has 352 valence electrons. The fraction of sp³-hybridized carbons (Fsp3) is 0.872. The molecule has 13 heteroatoms. The van der Waals surface area contributed by atoms with Gasteiger partial charge in [-0.05, 0) is 57.8 Å². The average Bonchev–Trinajstić information content (AvgIpc) is 3.21. The van der Waals surface area contributed by atoms with Gasteiger partial charge in [0.1, 0.15) is 36.8 Å². The van der Waals surface area contributed by atoms with Crippen molar-refractivity contribution in [2.24, 2.45) is 0 Å². The van der Waals surface area contributed by atoms with E-state index in [0.29, 0.717) is 12.8 Å². The van der Waals surface area contributed by atoms with Crippen LogP contribution in [0.2, 0.25) is 0 Å².